The molecule has 0 saturated carbocycles. The molecule has 1 aliphatic heterocycles. The van der Waals surface area contributed by atoms with Crippen LogP contribution in [0.3, 0.4) is 0 Å². The third-order valence-corrected chi connectivity index (χ3v) is 6.65. The van der Waals surface area contributed by atoms with Gasteiger partial charge in [0, 0.05) is 42.6 Å². The Morgan fingerprint density at radius 1 is 1.12 bits per heavy atom. The molecule has 2 heterocycles. The Hall–Kier alpha value is -3.32. The summed E-state index contributed by atoms with van der Waals surface area (Å²) in [5.41, 5.74) is 5.90. The molecular weight excluding hydrogens is 414 g/mol. The van der Waals surface area contributed by atoms with Crippen LogP contribution in [-0.4, -0.2) is 36.0 Å². The number of ether oxygens (including phenoxy) is 1. The summed E-state index contributed by atoms with van der Waals surface area (Å²) in [5, 5.41) is 11.4. The average molecular weight is 446 g/mol. The standard InChI is InChI=1S/C26H31N5O2/c1-26(2)14-23(28-16-18-4-6-19(7-5-18)30-13-12-27-25(30)32)22-17-29-31(24(22)15-26)20-8-10-21(33-3)11-9-20/h4-11,17,23,28H,12-16H2,1-3H3,(H,27,32)/t23-/m0/s1. The van der Waals surface area contributed by atoms with Gasteiger partial charge in [-0.2, -0.15) is 5.10 Å². The van der Waals surface area contributed by atoms with Crippen molar-refractivity contribution >= 4 is 11.7 Å². The molecule has 3 aromatic rings. The van der Waals surface area contributed by atoms with Crippen LogP contribution in [0, 0.1) is 5.41 Å². The maximum atomic E-state index is 11.9. The molecule has 0 unspecified atom stereocenters. The SMILES string of the molecule is COc1ccc(-n2ncc3c2CC(C)(C)C[C@@H]3NCc2ccc(N3CCNC3=O)cc2)cc1. The van der Waals surface area contributed by atoms with E-state index in [0.29, 0.717) is 13.1 Å². The highest BCUT2D eigenvalue weighted by Crippen LogP contribution is 2.41. The lowest BCUT2D eigenvalue weighted by Crippen LogP contribution is -2.33. The molecule has 7 nitrogen and oxygen atoms in total. The zero-order valence-electron chi connectivity index (χ0n) is 19.5. The van der Waals surface area contributed by atoms with Crippen LogP contribution in [0.1, 0.15) is 43.1 Å². The number of fused-ring (bicyclic) bond motifs is 1. The number of aromatic nitrogens is 2. The molecule has 5 rings (SSSR count). The van der Waals surface area contributed by atoms with Crippen molar-refractivity contribution in [3.8, 4) is 11.4 Å². The van der Waals surface area contributed by atoms with Gasteiger partial charge in [-0.05, 0) is 60.2 Å². The molecule has 1 aliphatic carbocycles. The van der Waals surface area contributed by atoms with Crippen LogP contribution < -0.4 is 20.3 Å². The summed E-state index contributed by atoms with van der Waals surface area (Å²) >= 11 is 0. The van der Waals surface area contributed by atoms with Crippen LogP contribution in [0.4, 0.5) is 10.5 Å². The van der Waals surface area contributed by atoms with E-state index in [-0.39, 0.29) is 17.5 Å². The molecule has 2 amide bonds. The molecular formula is C26H31N5O2. The van der Waals surface area contributed by atoms with Crippen molar-refractivity contribution < 1.29 is 9.53 Å². The molecule has 2 aromatic carbocycles. The summed E-state index contributed by atoms with van der Waals surface area (Å²) in [6.07, 6.45) is 4.06. The minimum absolute atomic E-state index is 0.0216. The van der Waals surface area contributed by atoms with E-state index in [1.165, 1.54) is 16.8 Å². The lowest BCUT2D eigenvalue weighted by molar-refractivity contribution is 0.252. The van der Waals surface area contributed by atoms with E-state index in [0.717, 1.165) is 36.5 Å². The molecule has 2 aliphatic rings. The first-order valence-corrected chi connectivity index (χ1v) is 11.5. The van der Waals surface area contributed by atoms with Crippen molar-refractivity contribution in [3.05, 3.63) is 71.5 Å². The highest BCUT2D eigenvalue weighted by Gasteiger charge is 2.35. The number of hydrogen-bond acceptors (Lipinski definition) is 4. The summed E-state index contributed by atoms with van der Waals surface area (Å²) in [4.78, 5) is 13.7. The van der Waals surface area contributed by atoms with Gasteiger partial charge < -0.3 is 15.4 Å². The summed E-state index contributed by atoms with van der Waals surface area (Å²) in [6, 6.07) is 16.5. The Balaban J connectivity index is 1.33. The predicted octanol–water partition coefficient (Wildman–Crippen LogP) is 4.21. The topological polar surface area (TPSA) is 71.4 Å². The third-order valence-electron chi connectivity index (χ3n) is 6.65. The zero-order valence-corrected chi connectivity index (χ0v) is 19.5. The van der Waals surface area contributed by atoms with Gasteiger partial charge in [0.25, 0.3) is 0 Å². The van der Waals surface area contributed by atoms with Crippen LogP contribution >= 0.6 is 0 Å². The first-order valence-electron chi connectivity index (χ1n) is 11.5. The maximum Gasteiger partial charge on any atom is 0.321 e. The van der Waals surface area contributed by atoms with Gasteiger partial charge in [-0.1, -0.05) is 26.0 Å². The number of amides is 2. The predicted molar refractivity (Wildman–Crippen MR) is 129 cm³/mol. The van der Waals surface area contributed by atoms with Crippen LogP contribution in [-0.2, 0) is 13.0 Å². The van der Waals surface area contributed by atoms with Crippen LogP contribution in [0.15, 0.2) is 54.7 Å². The third kappa shape index (κ3) is 4.33. The van der Waals surface area contributed by atoms with E-state index in [2.05, 4.69) is 53.4 Å². The van der Waals surface area contributed by atoms with E-state index < -0.39 is 0 Å². The fourth-order valence-electron chi connectivity index (χ4n) is 4.92. The number of methoxy groups -OCH3 is 1. The molecule has 1 atom stereocenters. The molecule has 0 spiro atoms. The molecule has 1 fully saturated rings. The molecule has 2 N–H and O–H groups in total. The fraction of sp³-hybridized carbons (Fsp3) is 0.385. The van der Waals surface area contributed by atoms with Gasteiger partial charge in [-0.3, -0.25) is 4.90 Å². The number of carbonyl (C=O) groups excluding carboxylic acids is 1. The Labute approximate surface area is 194 Å². The lowest BCUT2D eigenvalue weighted by Gasteiger charge is -2.36. The zero-order chi connectivity index (χ0) is 23.0. The normalized spacial score (nSPS) is 19.3. The van der Waals surface area contributed by atoms with Crippen molar-refractivity contribution in [2.75, 3.05) is 25.1 Å². The highest BCUT2D eigenvalue weighted by atomic mass is 16.5. The van der Waals surface area contributed by atoms with Gasteiger partial charge in [0.05, 0.1) is 19.0 Å². The Kier molecular flexibility index (Phi) is 5.58. The van der Waals surface area contributed by atoms with E-state index in [1.807, 2.05) is 30.5 Å². The second-order valence-corrected chi connectivity index (χ2v) is 9.69. The molecule has 7 heteroatoms. The number of urea groups is 1. The van der Waals surface area contributed by atoms with Gasteiger partial charge in [0.15, 0.2) is 0 Å². The van der Waals surface area contributed by atoms with Gasteiger partial charge in [-0.25, -0.2) is 9.48 Å². The van der Waals surface area contributed by atoms with Gasteiger partial charge in [0.1, 0.15) is 5.75 Å². The second-order valence-electron chi connectivity index (χ2n) is 9.69. The quantitative estimate of drug-likeness (QED) is 0.596. The van der Waals surface area contributed by atoms with Crippen molar-refractivity contribution in [1.82, 2.24) is 20.4 Å². The van der Waals surface area contributed by atoms with E-state index >= 15 is 0 Å². The Bertz CT molecular complexity index is 1130. The van der Waals surface area contributed by atoms with Crippen LogP contribution in [0.5, 0.6) is 5.75 Å². The highest BCUT2D eigenvalue weighted by molar-refractivity contribution is 5.93. The van der Waals surface area contributed by atoms with E-state index in [9.17, 15) is 4.79 Å². The Morgan fingerprint density at radius 3 is 2.52 bits per heavy atom. The first-order chi connectivity index (χ1) is 15.9. The number of hydrogen-bond donors (Lipinski definition) is 2. The number of nitrogens with zero attached hydrogens (tertiary/aromatic N) is 3. The van der Waals surface area contributed by atoms with Gasteiger partial charge in [0.2, 0.25) is 0 Å². The Morgan fingerprint density at radius 2 is 1.85 bits per heavy atom. The number of anilines is 1. The van der Waals surface area contributed by atoms with E-state index in [1.54, 1.807) is 12.0 Å². The number of carbonyl (C=O) groups is 1. The number of rotatable bonds is 6. The molecule has 1 saturated heterocycles. The summed E-state index contributed by atoms with van der Waals surface area (Å²) in [7, 11) is 1.68. The molecule has 1 aromatic heterocycles. The molecule has 172 valence electrons. The summed E-state index contributed by atoms with van der Waals surface area (Å²) in [6.45, 7) is 6.83. The number of nitrogens with one attached hydrogen (secondary N) is 2. The van der Waals surface area contributed by atoms with Crippen molar-refractivity contribution in [1.29, 1.82) is 0 Å². The molecule has 0 radical (unpaired) electrons. The van der Waals surface area contributed by atoms with Crippen LogP contribution in [0.25, 0.3) is 5.69 Å². The van der Waals surface area contributed by atoms with Crippen molar-refractivity contribution in [2.45, 2.75) is 39.3 Å². The maximum absolute atomic E-state index is 11.9. The molecule has 0 bridgehead atoms. The lowest BCUT2D eigenvalue weighted by atomic mass is 9.74. The van der Waals surface area contributed by atoms with Crippen LogP contribution in [0.2, 0.25) is 0 Å². The number of benzene rings is 2. The van der Waals surface area contributed by atoms with Crippen molar-refractivity contribution in [2.24, 2.45) is 5.41 Å². The smallest absolute Gasteiger partial charge is 0.321 e. The summed E-state index contributed by atoms with van der Waals surface area (Å²) < 4.78 is 7.37. The first kappa shape index (κ1) is 21.5. The fourth-order valence-corrected chi connectivity index (χ4v) is 4.92. The van der Waals surface area contributed by atoms with E-state index in [4.69, 9.17) is 9.84 Å². The average Bonchev–Trinajstić information content (AvgIpc) is 3.43. The summed E-state index contributed by atoms with van der Waals surface area (Å²) in [5.74, 6) is 0.844. The monoisotopic (exact) mass is 445 g/mol. The van der Waals surface area contributed by atoms with Crippen molar-refractivity contribution in [3.63, 3.8) is 0 Å². The van der Waals surface area contributed by atoms with Gasteiger partial charge >= 0.3 is 6.03 Å². The van der Waals surface area contributed by atoms with Gasteiger partial charge in [-0.15, -0.1) is 0 Å². The minimum Gasteiger partial charge on any atom is -0.497 e. The minimum atomic E-state index is -0.0216. The molecule has 33 heavy (non-hydrogen) atoms. The second kappa shape index (κ2) is 8.56. The largest absolute Gasteiger partial charge is 0.497 e.